The van der Waals surface area contributed by atoms with Crippen LogP contribution in [0, 0.1) is 5.82 Å². The summed E-state index contributed by atoms with van der Waals surface area (Å²) in [6.07, 6.45) is 0. The molecule has 0 atom stereocenters. The molecule has 0 saturated heterocycles. The lowest BCUT2D eigenvalue weighted by atomic mass is 10.3. The Morgan fingerprint density at radius 1 is 1.56 bits per heavy atom. The van der Waals surface area contributed by atoms with Crippen molar-refractivity contribution in [1.29, 1.82) is 0 Å². The zero-order chi connectivity index (χ0) is 13.5. The first kappa shape index (κ1) is 14.2. The van der Waals surface area contributed by atoms with E-state index in [9.17, 15) is 9.18 Å². The number of anilines is 1. The molecule has 5 nitrogen and oxygen atoms in total. The van der Waals surface area contributed by atoms with E-state index >= 15 is 0 Å². The lowest BCUT2D eigenvalue weighted by molar-refractivity contribution is -0.134. The predicted molar refractivity (Wildman–Crippen MR) is 66.5 cm³/mol. The van der Waals surface area contributed by atoms with Crippen molar-refractivity contribution in [2.24, 2.45) is 5.10 Å². The number of hydrogen-bond acceptors (Lipinski definition) is 5. The van der Waals surface area contributed by atoms with E-state index in [2.05, 4.69) is 15.3 Å². The second kappa shape index (κ2) is 6.80. The van der Waals surface area contributed by atoms with Crippen molar-refractivity contribution < 1.29 is 18.7 Å². The van der Waals surface area contributed by atoms with Crippen molar-refractivity contribution >= 4 is 28.4 Å². The third kappa shape index (κ3) is 3.89. The summed E-state index contributed by atoms with van der Waals surface area (Å²) in [5, 5.41) is 3.19. The minimum atomic E-state index is -0.749. The quantitative estimate of drug-likeness (QED) is 0.509. The molecule has 0 saturated carbocycles. The molecule has 1 N–H and O–H groups in total. The van der Waals surface area contributed by atoms with Crippen LogP contribution < -0.4 is 10.2 Å². The molecule has 0 fully saturated rings. The third-order valence-electron chi connectivity index (χ3n) is 1.88. The maximum Gasteiger partial charge on any atom is 0.370 e. The Balaban J connectivity index is 2.71. The summed E-state index contributed by atoms with van der Waals surface area (Å²) in [5.41, 5.74) is 2.76. The summed E-state index contributed by atoms with van der Waals surface area (Å²) in [4.78, 5) is 11.1. The van der Waals surface area contributed by atoms with Crippen LogP contribution in [0.25, 0.3) is 0 Å². The van der Waals surface area contributed by atoms with Gasteiger partial charge in [0.25, 0.3) is 0 Å². The summed E-state index contributed by atoms with van der Waals surface area (Å²) in [6.45, 7) is 1.84. The Morgan fingerprint density at radius 3 is 2.83 bits per heavy atom. The number of esters is 1. The molecular weight excluding hydrogens is 263 g/mol. The minimum absolute atomic E-state index is 0.112. The minimum Gasteiger partial charge on any atom is -0.494 e. The van der Waals surface area contributed by atoms with E-state index < -0.39 is 11.8 Å². The summed E-state index contributed by atoms with van der Waals surface area (Å²) >= 11 is 5.55. The van der Waals surface area contributed by atoms with Gasteiger partial charge in [0.1, 0.15) is 0 Å². The van der Waals surface area contributed by atoms with Gasteiger partial charge in [-0.25, -0.2) is 9.18 Å². The summed E-state index contributed by atoms with van der Waals surface area (Å²) in [7, 11) is 1.36. The molecular formula is C11H12ClFN2O3. The molecule has 1 rings (SSSR count). The maximum atomic E-state index is 13.3. The molecule has 7 heteroatoms. The van der Waals surface area contributed by atoms with Crippen LogP contribution in [-0.4, -0.2) is 24.9 Å². The van der Waals surface area contributed by atoms with Gasteiger partial charge in [0.15, 0.2) is 11.6 Å². The highest BCUT2D eigenvalue weighted by atomic mass is 35.5. The van der Waals surface area contributed by atoms with E-state index in [0.717, 1.165) is 6.07 Å². The first-order chi connectivity index (χ1) is 8.58. The molecule has 0 unspecified atom stereocenters. The molecule has 0 heterocycles. The molecule has 0 bridgehead atoms. The van der Waals surface area contributed by atoms with E-state index in [1.165, 1.54) is 19.2 Å². The molecule has 0 radical (unpaired) electrons. The van der Waals surface area contributed by atoms with E-state index in [1.54, 1.807) is 6.92 Å². The fourth-order valence-corrected chi connectivity index (χ4v) is 1.18. The van der Waals surface area contributed by atoms with Gasteiger partial charge in [0.2, 0.25) is 5.17 Å². The Kier molecular flexibility index (Phi) is 5.38. The van der Waals surface area contributed by atoms with Gasteiger partial charge in [-0.2, -0.15) is 5.10 Å². The van der Waals surface area contributed by atoms with Crippen molar-refractivity contribution in [1.82, 2.24) is 0 Å². The lowest BCUT2D eigenvalue weighted by Crippen LogP contribution is -2.13. The maximum absolute atomic E-state index is 13.3. The lowest BCUT2D eigenvalue weighted by Gasteiger charge is -2.05. The molecule has 0 spiro atoms. The number of benzene rings is 1. The number of carbonyl (C=O) groups excluding carboxylic acids is 1. The van der Waals surface area contributed by atoms with Gasteiger partial charge in [0, 0.05) is 6.07 Å². The Bertz CT molecular complexity index is 466. The SMILES string of the molecule is CCOC(=O)/C(Cl)=N/Nc1ccc(OC)c(F)c1. The van der Waals surface area contributed by atoms with Crippen molar-refractivity contribution in [3.8, 4) is 5.75 Å². The highest BCUT2D eigenvalue weighted by Crippen LogP contribution is 2.20. The van der Waals surface area contributed by atoms with Gasteiger partial charge < -0.3 is 9.47 Å². The Labute approximate surface area is 109 Å². The molecule has 98 valence electrons. The number of rotatable bonds is 5. The van der Waals surface area contributed by atoms with Crippen molar-refractivity contribution in [2.45, 2.75) is 6.92 Å². The van der Waals surface area contributed by atoms with Crippen LogP contribution in [0.15, 0.2) is 23.3 Å². The number of carbonyl (C=O) groups is 1. The zero-order valence-electron chi connectivity index (χ0n) is 9.87. The van der Waals surface area contributed by atoms with Crippen LogP contribution in [0.1, 0.15) is 6.92 Å². The number of ether oxygens (including phenoxy) is 2. The summed E-state index contributed by atoms with van der Waals surface area (Å²) < 4.78 is 22.7. The first-order valence-electron chi connectivity index (χ1n) is 5.08. The second-order valence-electron chi connectivity index (χ2n) is 3.08. The number of nitrogens with one attached hydrogen (secondary N) is 1. The Morgan fingerprint density at radius 2 is 2.28 bits per heavy atom. The second-order valence-corrected chi connectivity index (χ2v) is 3.44. The van der Waals surface area contributed by atoms with Crippen LogP contribution in [0.5, 0.6) is 5.75 Å². The van der Waals surface area contributed by atoms with Crippen molar-refractivity contribution in [2.75, 3.05) is 19.1 Å². The van der Waals surface area contributed by atoms with E-state index in [4.69, 9.17) is 16.3 Å². The standard InChI is InChI=1S/C11H12ClFN2O3/c1-3-18-11(16)10(12)15-14-7-4-5-9(17-2)8(13)6-7/h4-6,14H,3H2,1-2H3/b15-10-. The highest BCUT2D eigenvalue weighted by Gasteiger charge is 2.09. The number of methoxy groups -OCH3 is 1. The Hall–Kier alpha value is -1.82. The average Bonchev–Trinajstić information content (AvgIpc) is 2.36. The molecule has 18 heavy (non-hydrogen) atoms. The molecule has 0 aliphatic heterocycles. The van der Waals surface area contributed by atoms with Crippen molar-refractivity contribution in [3.05, 3.63) is 24.0 Å². The third-order valence-corrected chi connectivity index (χ3v) is 2.12. The first-order valence-corrected chi connectivity index (χ1v) is 5.46. The van der Waals surface area contributed by atoms with E-state index in [-0.39, 0.29) is 17.5 Å². The predicted octanol–water partition coefficient (Wildman–Crippen LogP) is 2.36. The number of nitrogens with zero attached hydrogens (tertiary/aromatic N) is 1. The molecule has 0 aliphatic carbocycles. The average molecular weight is 275 g/mol. The van der Waals surface area contributed by atoms with Gasteiger partial charge in [0.05, 0.1) is 19.4 Å². The van der Waals surface area contributed by atoms with Gasteiger partial charge >= 0.3 is 5.97 Å². The van der Waals surface area contributed by atoms with Gasteiger partial charge in [-0.05, 0) is 19.1 Å². The molecule has 0 amide bonds. The van der Waals surface area contributed by atoms with Crippen molar-refractivity contribution in [3.63, 3.8) is 0 Å². The van der Waals surface area contributed by atoms with Gasteiger partial charge in [-0.3, -0.25) is 5.43 Å². The van der Waals surface area contributed by atoms with Gasteiger partial charge in [-0.1, -0.05) is 11.6 Å². The van der Waals surface area contributed by atoms with Crippen LogP contribution in [0.3, 0.4) is 0 Å². The fraction of sp³-hybridized carbons (Fsp3) is 0.273. The van der Waals surface area contributed by atoms with Gasteiger partial charge in [-0.15, -0.1) is 0 Å². The van der Waals surface area contributed by atoms with E-state index in [1.807, 2.05) is 0 Å². The molecule has 1 aromatic rings. The smallest absolute Gasteiger partial charge is 0.370 e. The normalized spacial score (nSPS) is 11.0. The fourth-order valence-electron chi connectivity index (χ4n) is 1.09. The largest absolute Gasteiger partial charge is 0.494 e. The topological polar surface area (TPSA) is 59.9 Å². The van der Waals surface area contributed by atoms with Crippen LogP contribution >= 0.6 is 11.6 Å². The van der Waals surface area contributed by atoms with Crippen LogP contribution in [0.2, 0.25) is 0 Å². The number of hydrogen-bond donors (Lipinski definition) is 1. The van der Waals surface area contributed by atoms with Crippen LogP contribution in [-0.2, 0) is 9.53 Å². The highest BCUT2D eigenvalue weighted by molar-refractivity contribution is 6.82. The molecule has 1 aromatic carbocycles. The number of halogens is 2. The zero-order valence-corrected chi connectivity index (χ0v) is 10.6. The summed E-state index contributed by atoms with van der Waals surface area (Å²) in [5.74, 6) is -1.19. The summed E-state index contributed by atoms with van der Waals surface area (Å²) in [6, 6.07) is 4.11. The molecule has 0 aliphatic rings. The number of hydrazone groups is 1. The monoisotopic (exact) mass is 274 g/mol. The molecule has 0 aromatic heterocycles. The van der Waals surface area contributed by atoms with Crippen LogP contribution in [0.4, 0.5) is 10.1 Å². The van der Waals surface area contributed by atoms with E-state index in [0.29, 0.717) is 5.69 Å².